The third-order valence-electron chi connectivity index (χ3n) is 3.90. The van der Waals surface area contributed by atoms with Crippen molar-refractivity contribution < 1.29 is 14.3 Å². The summed E-state index contributed by atoms with van der Waals surface area (Å²) in [6, 6.07) is 10.8. The predicted molar refractivity (Wildman–Crippen MR) is 100.0 cm³/mol. The first kappa shape index (κ1) is 18.2. The molecule has 8 heteroatoms. The molecule has 140 valence electrons. The number of carbonyl (C=O) groups is 1. The molecule has 27 heavy (non-hydrogen) atoms. The second-order valence-electron chi connectivity index (χ2n) is 5.70. The summed E-state index contributed by atoms with van der Waals surface area (Å²) in [5.41, 5.74) is 1.81. The van der Waals surface area contributed by atoms with Crippen molar-refractivity contribution in [2.24, 2.45) is 0 Å². The fourth-order valence-corrected chi connectivity index (χ4v) is 2.48. The van der Waals surface area contributed by atoms with Crippen LogP contribution in [0.4, 0.5) is 4.79 Å². The Kier molecular flexibility index (Phi) is 5.88. The highest BCUT2D eigenvalue weighted by Crippen LogP contribution is 2.27. The average Bonchev–Trinajstić information content (AvgIpc) is 3.25. The van der Waals surface area contributed by atoms with E-state index in [1.807, 2.05) is 36.5 Å². The molecule has 0 unspecified atom stereocenters. The summed E-state index contributed by atoms with van der Waals surface area (Å²) in [7, 11) is 3.16. The number of nitrogens with one attached hydrogen (secondary N) is 2. The maximum atomic E-state index is 12.0. The molecule has 3 aromatic rings. The van der Waals surface area contributed by atoms with Gasteiger partial charge in [0.1, 0.15) is 0 Å². The number of nitrogens with zero attached hydrogens (tertiary/aromatic N) is 3. The van der Waals surface area contributed by atoms with Crippen LogP contribution >= 0.6 is 0 Å². The van der Waals surface area contributed by atoms with Crippen LogP contribution in [-0.4, -0.2) is 35.0 Å². The Morgan fingerprint density at radius 1 is 1.04 bits per heavy atom. The molecule has 0 bridgehead atoms. The number of urea groups is 1. The van der Waals surface area contributed by atoms with Crippen molar-refractivity contribution in [2.45, 2.75) is 13.1 Å². The van der Waals surface area contributed by atoms with Gasteiger partial charge in [-0.2, -0.15) is 5.10 Å². The third-order valence-corrected chi connectivity index (χ3v) is 3.90. The summed E-state index contributed by atoms with van der Waals surface area (Å²) in [6.07, 6.45) is 5.23. The van der Waals surface area contributed by atoms with Crippen LogP contribution in [0.3, 0.4) is 0 Å². The first-order chi connectivity index (χ1) is 13.2. The van der Waals surface area contributed by atoms with Crippen molar-refractivity contribution in [1.29, 1.82) is 0 Å². The van der Waals surface area contributed by atoms with Gasteiger partial charge in [-0.3, -0.25) is 0 Å². The lowest BCUT2D eigenvalue weighted by molar-refractivity contribution is 0.240. The monoisotopic (exact) mass is 367 g/mol. The van der Waals surface area contributed by atoms with E-state index in [9.17, 15) is 4.79 Å². The minimum Gasteiger partial charge on any atom is -0.493 e. The predicted octanol–water partition coefficient (Wildman–Crippen LogP) is 2.28. The topological polar surface area (TPSA) is 90.3 Å². The van der Waals surface area contributed by atoms with E-state index >= 15 is 0 Å². The van der Waals surface area contributed by atoms with Crippen LogP contribution < -0.4 is 20.1 Å². The summed E-state index contributed by atoms with van der Waals surface area (Å²) in [5, 5.41) is 9.74. The van der Waals surface area contributed by atoms with Crippen molar-refractivity contribution in [3.63, 3.8) is 0 Å². The summed E-state index contributed by atoms with van der Waals surface area (Å²) in [5.74, 6) is 2.00. The molecule has 0 saturated heterocycles. The molecule has 1 aromatic carbocycles. The number of rotatable bonds is 7. The number of methoxy groups -OCH3 is 2. The standard InChI is InChI=1S/C19H21N5O3/c1-26-16-6-4-14(10-17(16)27-2)11-21-19(25)22-13-15-5-7-18(20-12-15)24-9-3-8-23-24/h3-10,12H,11,13H2,1-2H3,(H2,21,22,25). The molecule has 8 nitrogen and oxygen atoms in total. The van der Waals surface area contributed by atoms with Gasteiger partial charge in [-0.05, 0) is 35.4 Å². The third kappa shape index (κ3) is 4.75. The van der Waals surface area contributed by atoms with Crippen molar-refractivity contribution in [3.8, 4) is 17.3 Å². The second kappa shape index (κ2) is 8.70. The zero-order valence-corrected chi connectivity index (χ0v) is 15.2. The summed E-state index contributed by atoms with van der Waals surface area (Å²) in [4.78, 5) is 16.3. The normalized spacial score (nSPS) is 10.3. The molecule has 0 aliphatic carbocycles. The molecule has 2 heterocycles. The average molecular weight is 367 g/mol. The van der Waals surface area contributed by atoms with Gasteiger partial charge in [0.2, 0.25) is 0 Å². The lowest BCUT2D eigenvalue weighted by atomic mass is 10.2. The Balaban J connectivity index is 1.48. The van der Waals surface area contributed by atoms with Crippen molar-refractivity contribution in [3.05, 3.63) is 66.1 Å². The van der Waals surface area contributed by atoms with Crippen molar-refractivity contribution in [2.75, 3.05) is 14.2 Å². The van der Waals surface area contributed by atoms with Gasteiger partial charge in [0, 0.05) is 31.7 Å². The number of pyridine rings is 1. The smallest absolute Gasteiger partial charge is 0.315 e. The van der Waals surface area contributed by atoms with Crippen LogP contribution in [0.15, 0.2) is 55.0 Å². The van der Waals surface area contributed by atoms with E-state index in [0.717, 1.165) is 16.9 Å². The number of benzene rings is 1. The molecular weight excluding hydrogens is 346 g/mol. The van der Waals surface area contributed by atoms with Crippen LogP contribution in [0.2, 0.25) is 0 Å². The number of aromatic nitrogens is 3. The molecular formula is C19H21N5O3. The van der Waals surface area contributed by atoms with Gasteiger partial charge in [-0.25, -0.2) is 14.5 Å². The molecule has 0 aliphatic heterocycles. The van der Waals surface area contributed by atoms with E-state index in [1.165, 1.54) is 0 Å². The van der Waals surface area contributed by atoms with Gasteiger partial charge in [-0.15, -0.1) is 0 Å². The van der Waals surface area contributed by atoms with Gasteiger partial charge in [0.05, 0.1) is 14.2 Å². The van der Waals surface area contributed by atoms with Crippen LogP contribution in [0, 0.1) is 0 Å². The summed E-state index contributed by atoms with van der Waals surface area (Å²) >= 11 is 0. The maximum absolute atomic E-state index is 12.0. The lowest BCUT2D eigenvalue weighted by Gasteiger charge is -2.11. The van der Waals surface area contributed by atoms with Gasteiger partial charge in [0.15, 0.2) is 17.3 Å². The van der Waals surface area contributed by atoms with E-state index in [2.05, 4.69) is 20.7 Å². The molecule has 0 radical (unpaired) electrons. The Morgan fingerprint density at radius 2 is 1.78 bits per heavy atom. The first-order valence-electron chi connectivity index (χ1n) is 8.37. The van der Waals surface area contributed by atoms with Gasteiger partial charge >= 0.3 is 6.03 Å². The van der Waals surface area contributed by atoms with Crippen molar-refractivity contribution >= 4 is 6.03 Å². The number of ether oxygens (including phenoxy) is 2. The Hall–Kier alpha value is -3.55. The van der Waals surface area contributed by atoms with E-state index in [0.29, 0.717) is 24.6 Å². The molecule has 0 saturated carbocycles. The minimum absolute atomic E-state index is 0.263. The fraction of sp³-hybridized carbons (Fsp3) is 0.211. The van der Waals surface area contributed by atoms with Gasteiger partial charge in [-0.1, -0.05) is 12.1 Å². The van der Waals surface area contributed by atoms with Gasteiger partial charge < -0.3 is 20.1 Å². The molecule has 2 aromatic heterocycles. The largest absolute Gasteiger partial charge is 0.493 e. The molecule has 3 rings (SSSR count). The van der Waals surface area contributed by atoms with E-state index in [-0.39, 0.29) is 6.03 Å². The zero-order chi connectivity index (χ0) is 19.1. The number of hydrogen-bond acceptors (Lipinski definition) is 5. The van der Waals surface area contributed by atoms with Crippen LogP contribution in [-0.2, 0) is 13.1 Å². The highest BCUT2D eigenvalue weighted by atomic mass is 16.5. The summed E-state index contributed by atoms with van der Waals surface area (Å²) < 4.78 is 12.1. The first-order valence-corrected chi connectivity index (χ1v) is 8.37. The minimum atomic E-state index is -0.263. The fourth-order valence-electron chi connectivity index (χ4n) is 2.48. The lowest BCUT2D eigenvalue weighted by Crippen LogP contribution is -2.34. The molecule has 2 N–H and O–H groups in total. The SMILES string of the molecule is COc1ccc(CNC(=O)NCc2ccc(-n3cccn3)nc2)cc1OC. The maximum Gasteiger partial charge on any atom is 0.315 e. The van der Waals surface area contributed by atoms with Crippen LogP contribution in [0.5, 0.6) is 11.5 Å². The quantitative estimate of drug-likeness (QED) is 0.669. The van der Waals surface area contributed by atoms with Crippen LogP contribution in [0.25, 0.3) is 5.82 Å². The van der Waals surface area contributed by atoms with E-state index in [1.54, 1.807) is 37.4 Å². The summed E-state index contributed by atoms with van der Waals surface area (Å²) in [6.45, 7) is 0.757. The molecule has 0 aliphatic rings. The van der Waals surface area contributed by atoms with E-state index in [4.69, 9.17) is 9.47 Å². The number of hydrogen-bond donors (Lipinski definition) is 2. The highest BCUT2D eigenvalue weighted by molar-refractivity contribution is 5.73. The number of amides is 2. The second-order valence-corrected chi connectivity index (χ2v) is 5.70. The Bertz CT molecular complexity index is 879. The molecule has 0 atom stereocenters. The highest BCUT2D eigenvalue weighted by Gasteiger charge is 2.06. The Morgan fingerprint density at radius 3 is 2.41 bits per heavy atom. The molecule has 2 amide bonds. The van der Waals surface area contributed by atoms with Crippen LogP contribution in [0.1, 0.15) is 11.1 Å². The number of carbonyl (C=O) groups excluding carboxylic acids is 1. The van der Waals surface area contributed by atoms with E-state index < -0.39 is 0 Å². The molecule has 0 fully saturated rings. The van der Waals surface area contributed by atoms with Gasteiger partial charge in [0.25, 0.3) is 0 Å². The molecule has 0 spiro atoms. The van der Waals surface area contributed by atoms with Crippen molar-refractivity contribution in [1.82, 2.24) is 25.4 Å². The zero-order valence-electron chi connectivity index (χ0n) is 15.2. The Labute approximate surface area is 157 Å².